The maximum atomic E-state index is 4.47. The fourth-order valence-corrected chi connectivity index (χ4v) is 4.94. The molecule has 2 aromatic heterocycles. The van der Waals surface area contributed by atoms with Gasteiger partial charge in [-0.25, -0.2) is 0 Å². The maximum absolute atomic E-state index is 4.47. The number of likely N-dealkylation sites (tertiary alicyclic amines) is 1. The third kappa shape index (κ3) is 7.58. The van der Waals surface area contributed by atoms with Crippen LogP contribution in [0.3, 0.4) is 0 Å². The molecule has 0 spiro atoms. The molecule has 5 rings (SSSR count). The standard InChI is InChI=1S/C20H22N4.C13H20N2/c1-2-19-18-11-16(6-7-20(18)23-22-19)17-10-15(12-21-13-17)14-24-8-4-3-5-9-24;1-5-7-13(12(6-2)14-4)15-10(3)11-8-9-11/h2,6-7,10-13H,1,3-5,8-9,14H2,(H,22,23);5-7,11,14-15H,1,3,8-9H2,2,4H3/b;12-6+,13-7+. The zero-order valence-electron chi connectivity index (χ0n) is 23.5. The highest BCUT2D eigenvalue weighted by Crippen LogP contribution is 2.34. The number of H-pyrrole nitrogens is 1. The van der Waals surface area contributed by atoms with Crippen LogP contribution in [0.4, 0.5) is 0 Å². The summed E-state index contributed by atoms with van der Waals surface area (Å²) in [4.78, 5) is 6.99. The smallest absolute Gasteiger partial charge is 0.0921 e. The second-order valence-corrected chi connectivity index (χ2v) is 10.2. The average molecular weight is 523 g/mol. The molecule has 2 aliphatic rings. The maximum Gasteiger partial charge on any atom is 0.0921 e. The van der Waals surface area contributed by atoms with Gasteiger partial charge in [-0.15, -0.1) is 0 Å². The van der Waals surface area contributed by atoms with E-state index in [0.717, 1.165) is 45.8 Å². The molecule has 3 N–H and O–H groups in total. The highest BCUT2D eigenvalue weighted by Gasteiger charge is 2.25. The van der Waals surface area contributed by atoms with Crippen molar-refractivity contribution in [1.82, 2.24) is 30.7 Å². The van der Waals surface area contributed by atoms with Crippen LogP contribution in [0.15, 0.2) is 91.7 Å². The van der Waals surface area contributed by atoms with Gasteiger partial charge in [0.15, 0.2) is 0 Å². The molecule has 2 fully saturated rings. The molecule has 1 saturated carbocycles. The second-order valence-electron chi connectivity index (χ2n) is 10.2. The van der Waals surface area contributed by atoms with Crippen molar-refractivity contribution in [2.24, 2.45) is 5.92 Å². The van der Waals surface area contributed by atoms with Crippen LogP contribution in [0.1, 0.15) is 50.3 Å². The summed E-state index contributed by atoms with van der Waals surface area (Å²) in [6, 6.07) is 8.62. The van der Waals surface area contributed by atoms with Crippen LogP contribution in [0.5, 0.6) is 0 Å². The minimum Gasteiger partial charge on any atom is -0.387 e. The quantitative estimate of drug-likeness (QED) is 0.252. The molecule has 6 heteroatoms. The Kier molecular flexibility index (Phi) is 9.92. The Balaban J connectivity index is 0.000000204. The number of nitrogens with zero attached hydrogens (tertiary/aromatic N) is 3. The van der Waals surface area contributed by atoms with E-state index in [9.17, 15) is 0 Å². The molecular formula is C33H42N6. The van der Waals surface area contributed by atoms with E-state index in [4.69, 9.17) is 0 Å². The van der Waals surface area contributed by atoms with Crippen LogP contribution >= 0.6 is 0 Å². The first-order valence-electron chi connectivity index (χ1n) is 14.0. The number of piperidine rings is 1. The molecule has 39 heavy (non-hydrogen) atoms. The molecule has 1 saturated heterocycles. The Bertz CT molecular complexity index is 1350. The number of rotatable bonds is 10. The van der Waals surface area contributed by atoms with Crippen molar-refractivity contribution in [2.45, 2.75) is 45.6 Å². The topological polar surface area (TPSA) is 68.9 Å². The number of fused-ring (bicyclic) bond motifs is 1. The summed E-state index contributed by atoms with van der Waals surface area (Å²) in [5.41, 5.74) is 8.74. The molecule has 0 unspecified atom stereocenters. The van der Waals surface area contributed by atoms with E-state index in [0.29, 0.717) is 5.92 Å². The zero-order valence-corrected chi connectivity index (χ0v) is 23.5. The number of aromatic amines is 1. The van der Waals surface area contributed by atoms with Gasteiger partial charge in [0.2, 0.25) is 0 Å². The first kappa shape index (κ1) is 28.1. The van der Waals surface area contributed by atoms with E-state index in [-0.39, 0.29) is 0 Å². The normalized spacial score (nSPS) is 16.3. The Morgan fingerprint density at radius 3 is 2.54 bits per heavy atom. The number of nitrogens with one attached hydrogen (secondary N) is 3. The first-order valence-corrected chi connectivity index (χ1v) is 14.0. The third-order valence-corrected chi connectivity index (χ3v) is 7.27. The summed E-state index contributed by atoms with van der Waals surface area (Å²) in [6.07, 6.45) is 18.0. The lowest BCUT2D eigenvalue weighted by Crippen LogP contribution is -2.29. The molecule has 0 bridgehead atoms. The fraction of sp³-hybridized carbons (Fsp3) is 0.333. The molecule has 0 amide bonds. The lowest BCUT2D eigenvalue weighted by Gasteiger charge is -2.26. The van der Waals surface area contributed by atoms with Gasteiger partial charge >= 0.3 is 0 Å². The van der Waals surface area contributed by atoms with Gasteiger partial charge in [0.1, 0.15) is 0 Å². The molecule has 3 heterocycles. The van der Waals surface area contributed by atoms with Gasteiger partial charge in [-0.2, -0.15) is 5.10 Å². The van der Waals surface area contributed by atoms with Gasteiger partial charge in [0, 0.05) is 42.6 Å². The van der Waals surface area contributed by atoms with Gasteiger partial charge in [0.25, 0.3) is 0 Å². The SMILES string of the molecule is C=C/C=C(NC(=C)C1CC1)\C(=C/C)NC.C=Cc1n[nH]c2ccc(-c3cncc(CN4CCCCC4)c3)cc12. The van der Waals surface area contributed by atoms with E-state index < -0.39 is 0 Å². The predicted octanol–water partition coefficient (Wildman–Crippen LogP) is 6.95. The zero-order chi connectivity index (χ0) is 27.6. The van der Waals surface area contributed by atoms with E-state index in [2.05, 4.69) is 74.7 Å². The summed E-state index contributed by atoms with van der Waals surface area (Å²) in [6.45, 7) is 17.0. The summed E-state index contributed by atoms with van der Waals surface area (Å²) < 4.78 is 0. The van der Waals surface area contributed by atoms with Crippen molar-refractivity contribution in [3.8, 4) is 11.1 Å². The van der Waals surface area contributed by atoms with Crippen molar-refractivity contribution < 1.29 is 0 Å². The first-order chi connectivity index (χ1) is 19.1. The Labute approximate surface area is 233 Å². The Morgan fingerprint density at radius 2 is 1.87 bits per heavy atom. The van der Waals surface area contributed by atoms with Crippen molar-refractivity contribution >= 4 is 17.0 Å². The monoisotopic (exact) mass is 522 g/mol. The van der Waals surface area contributed by atoms with Gasteiger partial charge in [-0.05, 0) is 93.1 Å². The average Bonchev–Trinajstić information content (AvgIpc) is 3.74. The van der Waals surface area contributed by atoms with E-state index in [1.807, 2.05) is 38.5 Å². The van der Waals surface area contributed by atoms with Crippen molar-refractivity contribution in [3.05, 3.63) is 103 Å². The summed E-state index contributed by atoms with van der Waals surface area (Å²) in [5.74, 6) is 0.660. The van der Waals surface area contributed by atoms with Crippen LogP contribution in [-0.4, -0.2) is 40.2 Å². The van der Waals surface area contributed by atoms with Gasteiger partial charge < -0.3 is 10.6 Å². The molecule has 1 aliphatic carbocycles. The van der Waals surface area contributed by atoms with E-state index in [1.54, 1.807) is 12.2 Å². The number of aromatic nitrogens is 3. The second kappa shape index (κ2) is 13.8. The fourth-order valence-electron chi connectivity index (χ4n) is 4.94. The molecule has 6 nitrogen and oxygen atoms in total. The number of likely N-dealkylation sites (N-methyl/N-ethyl adjacent to an activating group) is 1. The molecule has 3 aromatic rings. The highest BCUT2D eigenvalue weighted by atomic mass is 15.1. The Morgan fingerprint density at radius 1 is 1.08 bits per heavy atom. The van der Waals surface area contributed by atoms with Crippen molar-refractivity contribution in [2.75, 3.05) is 20.1 Å². The van der Waals surface area contributed by atoms with Crippen LogP contribution in [0.25, 0.3) is 28.1 Å². The van der Waals surface area contributed by atoms with Crippen molar-refractivity contribution in [3.63, 3.8) is 0 Å². The Hall–Kier alpha value is -3.90. The number of benzene rings is 1. The van der Waals surface area contributed by atoms with Gasteiger partial charge in [-0.1, -0.05) is 44.4 Å². The van der Waals surface area contributed by atoms with E-state index >= 15 is 0 Å². The minimum atomic E-state index is 0.660. The molecule has 1 aliphatic heterocycles. The number of pyridine rings is 1. The largest absolute Gasteiger partial charge is 0.387 e. The van der Waals surface area contributed by atoms with Crippen molar-refractivity contribution in [1.29, 1.82) is 0 Å². The number of allylic oxidation sites excluding steroid dienone is 4. The molecule has 204 valence electrons. The molecule has 0 atom stereocenters. The summed E-state index contributed by atoms with van der Waals surface area (Å²) in [7, 11) is 1.91. The van der Waals surface area contributed by atoms with Crippen LogP contribution in [-0.2, 0) is 6.54 Å². The van der Waals surface area contributed by atoms with Gasteiger partial charge in [-0.3, -0.25) is 15.0 Å². The van der Waals surface area contributed by atoms with Crippen LogP contribution < -0.4 is 10.6 Å². The number of hydrogen-bond acceptors (Lipinski definition) is 5. The highest BCUT2D eigenvalue weighted by molar-refractivity contribution is 5.90. The minimum absolute atomic E-state index is 0.660. The van der Waals surface area contributed by atoms with Crippen LogP contribution in [0.2, 0.25) is 0 Å². The van der Waals surface area contributed by atoms with Crippen LogP contribution in [0, 0.1) is 5.92 Å². The molecule has 0 radical (unpaired) electrons. The lowest BCUT2D eigenvalue weighted by atomic mass is 10.0. The summed E-state index contributed by atoms with van der Waals surface area (Å²) >= 11 is 0. The summed E-state index contributed by atoms with van der Waals surface area (Å²) in [5, 5.41) is 14.9. The predicted molar refractivity (Wildman–Crippen MR) is 165 cm³/mol. The van der Waals surface area contributed by atoms with Gasteiger partial charge in [0.05, 0.1) is 22.6 Å². The molecular weight excluding hydrogens is 480 g/mol. The molecule has 1 aromatic carbocycles. The number of hydrogen-bond donors (Lipinski definition) is 3. The third-order valence-electron chi connectivity index (χ3n) is 7.27. The van der Waals surface area contributed by atoms with E-state index in [1.165, 1.54) is 56.3 Å². The lowest BCUT2D eigenvalue weighted by molar-refractivity contribution is 0.220.